The molecule has 4 aromatic rings. The largest absolute Gasteiger partial charge is 0.505 e. The molecule has 9 nitrogen and oxygen atoms in total. The van der Waals surface area contributed by atoms with Gasteiger partial charge in [0.05, 0.1) is 16.4 Å². The maximum atomic E-state index is 12.5. The van der Waals surface area contributed by atoms with Gasteiger partial charge in [-0.05, 0) is 56.5 Å². The van der Waals surface area contributed by atoms with E-state index in [4.69, 9.17) is 21.6 Å². The lowest BCUT2D eigenvalue weighted by Gasteiger charge is -2.53. The summed E-state index contributed by atoms with van der Waals surface area (Å²) in [7, 11) is 3.81. The van der Waals surface area contributed by atoms with Crippen LogP contribution in [0.2, 0.25) is 5.02 Å². The van der Waals surface area contributed by atoms with Gasteiger partial charge in [0.25, 0.3) is 0 Å². The number of aromatic nitrogens is 4. The predicted molar refractivity (Wildman–Crippen MR) is 162 cm³/mol. The monoisotopic (exact) mass is 571 g/mol. The second-order valence-electron chi connectivity index (χ2n) is 11.9. The van der Waals surface area contributed by atoms with Gasteiger partial charge >= 0.3 is 5.69 Å². The van der Waals surface area contributed by atoms with Crippen LogP contribution in [0.15, 0.2) is 53.7 Å². The van der Waals surface area contributed by atoms with E-state index in [0.717, 1.165) is 60.9 Å². The number of imidazole rings is 1. The van der Waals surface area contributed by atoms with Gasteiger partial charge in [0.1, 0.15) is 11.4 Å². The van der Waals surface area contributed by atoms with Crippen molar-refractivity contribution in [2.24, 2.45) is 7.05 Å². The van der Waals surface area contributed by atoms with Gasteiger partial charge in [0.2, 0.25) is 0 Å². The summed E-state index contributed by atoms with van der Waals surface area (Å²) in [4.78, 5) is 29.6. The highest BCUT2D eigenvalue weighted by Gasteiger charge is 2.52. The minimum absolute atomic E-state index is 0.0751. The van der Waals surface area contributed by atoms with Crippen molar-refractivity contribution in [3.63, 3.8) is 0 Å². The Morgan fingerprint density at radius 1 is 1.05 bits per heavy atom. The number of aryl methyl sites for hydroxylation is 2. The standard InChI is InChI=1S/C31H34ClN7O2/c1-19-13-23(21-5-6-25(24(32)14-21)38-12-11-35(3)30(38)41)28(40)27(34-19)22-15-26-29(33-16-22)36(4)17-20(2)39-10-8-31(39)7-9-37(26)18-31/h5-6,11-16,20,40H,7-10,17-18H2,1-4H3. The van der Waals surface area contributed by atoms with Crippen molar-refractivity contribution in [2.75, 3.05) is 43.0 Å². The predicted octanol–water partition coefficient (Wildman–Crippen LogP) is 4.46. The second kappa shape index (κ2) is 9.36. The molecule has 1 aromatic carbocycles. The third-order valence-electron chi connectivity index (χ3n) is 9.24. The Labute approximate surface area is 244 Å². The van der Waals surface area contributed by atoms with Crippen molar-refractivity contribution in [3.05, 3.63) is 70.1 Å². The molecule has 2 saturated heterocycles. The van der Waals surface area contributed by atoms with Gasteiger partial charge in [-0.2, -0.15) is 0 Å². The van der Waals surface area contributed by atoms with Crippen LogP contribution >= 0.6 is 11.6 Å². The van der Waals surface area contributed by atoms with Gasteiger partial charge in [0.15, 0.2) is 5.82 Å². The minimum Gasteiger partial charge on any atom is -0.505 e. The molecule has 0 radical (unpaired) electrons. The van der Waals surface area contributed by atoms with Crippen molar-refractivity contribution in [2.45, 2.75) is 38.3 Å². The van der Waals surface area contributed by atoms with Crippen molar-refractivity contribution in [3.8, 4) is 33.8 Å². The van der Waals surface area contributed by atoms with E-state index in [1.807, 2.05) is 25.3 Å². The zero-order valence-electron chi connectivity index (χ0n) is 23.8. The molecular formula is C31H34ClN7O2. The Balaban J connectivity index is 1.29. The number of halogens is 1. The number of likely N-dealkylation sites (N-methyl/N-ethyl adjacent to an activating group) is 1. The zero-order chi connectivity index (χ0) is 28.6. The van der Waals surface area contributed by atoms with E-state index in [0.29, 0.717) is 28.0 Å². The lowest BCUT2D eigenvalue weighted by atomic mass is 9.82. The van der Waals surface area contributed by atoms with Crippen LogP contribution in [0, 0.1) is 6.92 Å². The topological polar surface area (TPSA) is 82.7 Å². The molecular weight excluding hydrogens is 538 g/mol. The quantitative estimate of drug-likeness (QED) is 0.389. The normalized spacial score (nSPS) is 22.0. The van der Waals surface area contributed by atoms with Crippen LogP contribution in [-0.2, 0) is 7.05 Å². The second-order valence-corrected chi connectivity index (χ2v) is 12.3. The van der Waals surface area contributed by atoms with Crippen molar-refractivity contribution in [1.29, 1.82) is 0 Å². The fourth-order valence-corrected chi connectivity index (χ4v) is 7.31. The zero-order valence-corrected chi connectivity index (χ0v) is 24.6. The molecule has 2 fully saturated rings. The Morgan fingerprint density at radius 3 is 2.56 bits per heavy atom. The average molecular weight is 572 g/mol. The molecule has 3 aromatic heterocycles. The van der Waals surface area contributed by atoms with E-state index in [1.54, 1.807) is 31.6 Å². The maximum absolute atomic E-state index is 12.5. The molecule has 3 aliphatic heterocycles. The summed E-state index contributed by atoms with van der Waals surface area (Å²) in [5, 5.41) is 12.0. The van der Waals surface area contributed by atoms with Gasteiger partial charge in [-0.3, -0.25) is 9.47 Å². The molecule has 10 heteroatoms. The highest BCUT2D eigenvalue weighted by Crippen LogP contribution is 2.46. The van der Waals surface area contributed by atoms with Gasteiger partial charge in [0, 0.05) is 87.3 Å². The number of nitrogens with zero attached hydrogens (tertiary/aromatic N) is 7. The summed E-state index contributed by atoms with van der Waals surface area (Å²) in [6, 6.07) is 9.90. The number of rotatable bonds is 3. The molecule has 1 N–H and O–H groups in total. The Kier molecular flexibility index (Phi) is 5.96. The van der Waals surface area contributed by atoms with Crippen LogP contribution in [0.25, 0.3) is 28.1 Å². The fraction of sp³-hybridized carbons (Fsp3) is 0.387. The third kappa shape index (κ3) is 4.05. The highest BCUT2D eigenvalue weighted by molar-refractivity contribution is 6.32. The first-order valence-corrected chi connectivity index (χ1v) is 14.5. The molecule has 0 amide bonds. The van der Waals surface area contributed by atoms with E-state index in [-0.39, 0.29) is 17.0 Å². The van der Waals surface area contributed by atoms with E-state index < -0.39 is 0 Å². The molecule has 6 heterocycles. The molecule has 1 spiro atoms. The van der Waals surface area contributed by atoms with Crippen molar-refractivity contribution >= 4 is 23.1 Å². The first-order valence-electron chi connectivity index (χ1n) is 14.1. The minimum atomic E-state index is -0.180. The van der Waals surface area contributed by atoms with Crippen LogP contribution in [0.5, 0.6) is 5.75 Å². The number of hydrogen-bond acceptors (Lipinski definition) is 7. The number of aromatic hydroxyl groups is 1. The van der Waals surface area contributed by atoms with Crippen LogP contribution in [0.1, 0.15) is 25.5 Å². The Morgan fingerprint density at radius 2 is 1.85 bits per heavy atom. The molecule has 0 aliphatic carbocycles. The Hall–Kier alpha value is -3.82. The smallest absolute Gasteiger partial charge is 0.332 e. The molecule has 2 atom stereocenters. The van der Waals surface area contributed by atoms with E-state index in [1.165, 1.54) is 15.6 Å². The molecule has 212 valence electrons. The van der Waals surface area contributed by atoms with Gasteiger partial charge in [-0.25, -0.2) is 14.8 Å². The van der Waals surface area contributed by atoms with Gasteiger partial charge < -0.3 is 19.5 Å². The first-order chi connectivity index (χ1) is 19.6. The van der Waals surface area contributed by atoms with E-state index in [9.17, 15) is 9.90 Å². The third-order valence-corrected chi connectivity index (χ3v) is 9.54. The molecule has 3 aliphatic rings. The number of hydrogen-bond donors (Lipinski definition) is 1. The maximum Gasteiger partial charge on any atom is 0.332 e. The average Bonchev–Trinajstić information content (AvgIpc) is 3.54. The number of benzene rings is 1. The molecule has 0 saturated carbocycles. The van der Waals surface area contributed by atoms with Crippen LogP contribution < -0.4 is 15.5 Å². The molecule has 7 rings (SSSR count). The fourth-order valence-electron chi connectivity index (χ4n) is 7.03. The summed E-state index contributed by atoms with van der Waals surface area (Å²) in [6.45, 7) is 8.31. The van der Waals surface area contributed by atoms with E-state index in [2.05, 4.69) is 34.7 Å². The van der Waals surface area contributed by atoms with Gasteiger partial charge in [-0.1, -0.05) is 17.7 Å². The summed E-state index contributed by atoms with van der Waals surface area (Å²) in [5.41, 5.74) is 5.15. The summed E-state index contributed by atoms with van der Waals surface area (Å²) >= 11 is 6.66. The molecule has 41 heavy (non-hydrogen) atoms. The summed E-state index contributed by atoms with van der Waals surface area (Å²) in [6.07, 6.45) is 7.60. The van der Waals surface area contributed by atoms with Crippen molar-refractivity contribution in [1.82, 2.24) is 24.0 Å². The number of anilines is 2. The van der Waals surface area contributed by atoms with Crippen LogP contribution in [0.4, 0.5) is 11.5 Å². The molecule has 2 bridgehead atoms. The van der Waals surface area contributed by atoms with Crippen LogP contribution in [-0.4, -0.2) is 73.9 Å². The van der Waals surface area contributed by atoms with Crippen molar-refractivity contribution < 1.29 is 5.11 Å². The van der Waals surface area contributed by atoms with Gasteiger partial charge in [-0.15, -0.1) is 0 Å². The Bertz CT molecular complexity index is 1750. The number of pyridine rings is 2. The van der Waals surface area contributed by atoms with Crippen LogP contribution in [0.3, 0.4) is 0 Å². The highest BCUT2D eigenvalue weighted by atomic mass is 35.5. The SMILES string of the molecule is Cc1cc(-c2ccc(-n3ccn(C)c3=O)c(Cl)c2)c(O)c(-c2cnc3c(c2)N2CCC4(CCN4C(C)CN3C)C2)n1. The lowest BCUT2D eigenvalue weighted by molar-refractivity contribution is -0.0266. The summed E-state index contributed by atoms with van der Waals surface area (Å²) < 4.78 is 3.00. The summed E-state index contributed by atoms with van der Waals surface area (Å²) in [5.74, 6) is 1.04. The number of fused-ring (bicyclic) bond motifs is 3. The molecule has 2 unspecified atom stereocenters. The van der Waals surface area contributed by atoms with E-state index >= 15 is 0 Å². The lowest BCUT2D eigenvalue weighted by Crippen LogP contribution is -2.65. The first kappa shape index (κ1) is 26.1.